The Hall–Kier alpha value is -0.860. The van der Waals surface area contributed by atoms with Crippen LogP contribution in [0.15, 0.2) is 0 Å². The van der Waals surface area contributed by atoms with Gasteiger partial charge in [-0.1, -0.05) is 0 Å². The molecule has 0 bridgehead atoms. The molecule has 1 saturated heterocycles. The van der Waals surface area contributed by atoms with Gasteiger partial charge in [0, 0.05) is 12.0 Å². The number of rotatable bonds is 0. The Balaban J connectivity index is 2.15. The van der Waals surface area contributed by atoms with E-state index in [2.05, 4.69) is 5.32 Å². The van der Waals surface area contributed by atoms with Crippen LogP contribution in [0.2, 0.25) is 0 Å². The van der Waals surface area contributed by atoms with E-state index in [1.165, 1.54) is 0 Å². The number of nitrogens with one attached hydrogen (secondary N) is 1. The van der Waals surface area contributed by atoms with Crippen molar-refractivity contribution in [3.63, 3.8) is 0 Å². The maximum atomic E-state index is 11.1. The topological polar surface area (TPSA) is 46.2 Å². The minimum Gasteiger partial charge on any atom is -0.355 e. The van der Waals surface area contributed by atoms with Crippen molar-refractivity contribution in [2.75, 3.05) is 6.54 Å². The molecule has 3 nitrogen and oxygen atoms in total. The van der Waals surface area contributed by atoms with Crippen molar-refractivity contribution in [2.24, 2.45) is 5.41 Å². The normalized spacial score (nSPS) is 28.4. The number of Topliss-reactive ketones (excluding diaryl/α,β-unsaturated/α-hetero) is 1. The molecule has 1 saturated carbocycles. The van der Waals surface area contributed by atoms with Crippen LogP contribution >= 0.6 is 0 Å². The summed E-state index contributed by atoms with van der Waals surface area (Å²) in [5.41, 5.74) is -0.103. The molecule has 1 spiro atoms. The molecule has 0 radical (unpaired) electrons. The van der Waals surface area contributed by atoms with Gasteiger partial charge in [-0.25, -0.2) is 0 Å². The van der Waals surface area contributed by atoms with Gasteiger partial charge in [0.05, 0.1) is 6.42 Å². The Morgan fingerprint density at radius 3 is 2.50 bits per heavy atom. The quantitative estimate of drug-likeness (QED) is 0.474. The second-order valence-corrected chi connectivity index (χ2v) is 3.16. The summed E-state index contributed by atoms with van der Waals surface area (Å²) in [6, 6.07) is 0. The van der Waals surface area contributed by atoms with Crippen molar-refractivity contribution in [3.8, 4) is 0 Å². The standard InChI is InChI=1S/C7H9NO2/c9-5-3-6(10)8-4-7(5)1-2-7/h1-4H2,(H,8,10). The molecule has 1 heterocycles. The lowest BCUT2D eigenvalue weighted by Crippen LogP contribution is -2.42. The second kappa shape index (κ2) is 1.59. The predicted molar refractivity (Wildman–Crippen MR) is 34.3 cm³/mol. The summed E-state index contributed by atoms with van der Waals surface area (Å²) in [7, 11) is 0. The second-order valence-electron chi connectivity index (χ2n) is 3.16. The van der Waals surface area contributed by atoms with E-state index in [1.54, 1.807) is 0 Å². The zero-order valence-electron chi connectivity index (χ0n) is 5.64. The van der Waals surface area contributed by atoms with Crippen LogP contribution in [0.3, 0.4) is 0 Å². The maximum Gasteiger partial charge on any atom is 0.227 e. The molecule has 2 aliphatic rings. The molecule has 0 aromatic rings. The van der Waals surface area contributed by atoms with Crippen LogP contribution in [0.1, 0.15) is 19.3 Å². The van der Waals surface area contributed by atoms with Crippen LogP contribution in [0.4, 0.5) is 0 Å². The minimum atomic E-state index is -0.109. The highest BCUT2D eigenvalue weighted by Gasteiger charge is 2.51. The first-order valence-electron chi connectivity index (χ1n) is 3.53. The Morgan fingerprint density at radius 2 is 2.00 bits per heavy atom. The summed E-state index contributed by atoms with van der Waals surface area (Å²) in [4.78, 5) is 21.8. The molecule has 0 aromatic carbocycles. The zero-order valence-corrected chi connectivity index (χ0v) is 5.64. The molecule has 2 fully saturated rings. The van der Waals surface area contributed by atoms with Gasteiger partial charge in [0.15, 0.2) is 0 Å². The number of piperidine rings is 1. The maximum absolute atomic E-state index is 11.1. The van der Waals surface area contributed by atoms with Crippen LogP contribution in [-0.2, 0) is 9.59 Å². The number of ketones is 1. The van der Waals surface area contributed by atoms with E-state index < -0.39 is 0 Å². The lowest BCUT2D eigenvalue weighted by molar-refractivity contribution is -0.134. The molecule has 1 N–H and O–H groups in total. The zero-order chi connectivity index (χ0) is 7.19. The molecule has 0 atom stereocenters. The monoisotopic (exact) mass is 139 g/mol. The number of carbonyl (C=O) groups is 2. The van der Waals surface area contributed by atoms with Crippen molar-refractivity contribution >= 4 is 11.7 Å². The first-order chi connectivity index (χ1) is 4.73. The average Bonchev–Trinajstić information content (AvgIpc) is 2.62. The van der Waals surface area contributed by atoms with Crippen molar-refractivity contribution in [1.29, 1.82) is 0 Å². The predicted octanol–water partition coefficient (Wildman–Crippen LogP) is -0.144. The van der Waals surface area contributed by atoms with E-state index in [0.717, 1.165) is 12.8 Å². The van der Waals surface area contributed by atoms with E-state index in [9.17, 15) is 9.59 Å². The van der Waals surface area contributed by atoms with Crippen LogP contribution in [-0.4, -0.2) is 18.2 Å². The molecule has 1 aliphatic carbocycles. The molecule has 3 heteroatoms. The average molecular weight is 139 g/mol. The molecule has 10 heavy (non-hydrogen) atoms. The largest absolute Gasteiger partial charge is 0.355 e. The Morgan fingerprint density at radius 1 is 1.30 bits per heavy atom. The van der Waals surface area contributed by atoms with E-state index in [0.29, 0.717) is 6.54 Å². The van der Waals surface area contributed by atoms with Gasteiger partial charge in [0.25, 0.3) is 0 Å². The molecule has 0 unspecified atom stereocenters. The highest BCUT2D eigenvalue weighted by Crippen LogP contribution is 2.47. The summed E-state index contributed by atoms with van der Waals surface area (Å²) in [5.74, 6) is 0.0405. The van der Waals surface area contributed by atoms with Gasteiger partial charge >= 0.3 is 0 Å². The summed E-state index contributed by atoms with van der Waals surface area (Å²) in [6.45, 7) is 0.588. The van der Waals surface area contributed by atoms with E-state index >= 15 is 0 Å². The lowest BCUT2D eigenvalue weighted by atomic mass is 9.95. The fourth-order valence-electron chi connectivity index (χ4n) is 1.37. The van der Waals surface area contributed by atoms with Gasteiger partial charge in [-0.2, -0.15) is 0 Å². The van der Waals surface area contributed by atoms with E-state index in [-0.39, 0.29) is 23.5 Å². The van der Waals surface area contributed by atoms with Gasteiger partial charge in [-0.05, 0) is 12.8 Å². The molecular weight excluding hydrogens is 130 g/mol. The summed E-state index contributed by atoms with van der Waals surface area (Å²) < 4.78 is 0. The molecule has 1 amide bonds. The van der Waals surface area contributed by atoms with E-state index in [4.69, 9.17) is 0 Å². The third-order valence-electron chi connectivity index (χ3n) is 2.39. The van der Waals surface area contributed by atoms with Gasteiger partial charge in [0.2, 0.25) is 5.91 Å². The fourth-order valence-corrected chi connectivity index (χ4v) is 1.37. The fraction of sp³-hybridized carbons (Fsp3) is 0.714. The molecule has 1 aliphatic heterocycles. The first-order valence-corrected chi connectivity index (χ1v) is 3.53. The van der Waals surface area contributed by atoms with Crippen molar-refractivity contribution in [3.05, 3.63) is 0 Å². The minimum absolute atomic E-state index is 0.103. The van der Waals surface area contributed by atoms with E-state index in [1.807, 2.05) is 0 Å². The lowest BCUT2D eigenvalue weighted by Gasteiger charge is -2.19. The highest BCUT2D eigenvalue weighted by atomic mass is 16.2. The van der Waals surface area contributed by atoms with Gasteiger partial charge in [-0.3, -0.25) is 9.59 Å². The van der Waals surface area contributed by atoms with Crippen LogP contribution < -0.4 is 5.32 Å². The van der Waals surface area contributed by atoms with Crippen molar-refractivity contribution in [2.45, 2.75) is 19.3 Å². The number of carbonyl (C=O) groups excluding carboxylic acids is 2. The molecular formula is C7H9NO2. The number of hydrogen-bond acceptors (Lipinski definition) is 2. The van der Waals surface area contributed by atoms with Crippen molar-refractivity contribution < 1.29 is 9.59 Å². The summed E-state index contributed by atoms with van der Waals surface area (Å²) in [5, 5.41) is 2.71. The SMILES string of the molecule is O=C1CC(=O)C2(CC2)CN1. The van der Waals surface area contributed by atoms with Crippen molar-refractivity contribution in [1.82, 2.24) is 5.32 Å². The molecule has 54 valence electrons. The first kappa shape index (κ1) is 5.89. The molecule has 2 rings (SSSR count). The highest BCUT2D eigenvalue weighted by molar-refractivity contribution is 6.04. The van der Waals surface area contributed by atoms with Gasteiger partial charge in [0.1, 0.15) is 5.78 Å². The summed E-state index contributed by atoms with van der Waals surface area (Å²) >= 11 is 0. The van der Waals surface area contributed by atoms with Gasteiger partial charge < -0.3 is 5.32 Å². The summed E-state index contributed by atoms with van der Waals surface area (Å²) in [6.07, 6.45) is 2.07. The van der Waals surface area contributed by atoms with Crippen LogP contribution in [0, 0.1) is 5.41 Å². The Kier molecular flexibility index (Phi) is 0.938. The molecule has 0 aromatic heterocycles. The van der Waals surface area contributed by atoms with Crippen LogP contribution in [0.25, 0.3) is 0 Å². The Labute approximate surface area is 58.8 Å². The van der Waals surface area contributed by atoms with Gasteiger partial charge in [-0.15, -0.1) is 0 Å². The third-order valence-corrected chi connectivity index (χ3v) is 2.39. The Bertz CT molecular complexity index is 206. The van der Waals surface area contributed by atoms with Crippen LogP contribution in [0.5, 0.6) is 0 Å². The smallest absolute Gasteiger partial charge is 0.227 e. The number of hydrogen-bond donors (Lipinski definition) is 1. The third kappa shape index (κ3) is 0.664. The number of amides is 1.